The molecule has 1 N–H and O–H groups in total. The van der Waals surface area contributed by atoms with Gasteiger partial charge in [0.15, 0.2) is 0 Å². The number of nitro groups is 1. The van der Waals surface area contributed by atoms with Crippen molar-refractivity contribution < 1.29 is 4.92 Å². The Morgan fingerprint density at radius 2 is 2.04 bits per heavy atom. The van der Waals surface area contributed by atoms with E-state index >= 15 is 0 Å². The zero-order chi connectivity index (χ0) is 17.8. The Kier molecular flexibility index (Phi) is 5.28. The largest absolute Gasteiger partial charge is 0.357 e. The molecule has 0 radical (unpaired) electrons. The Hall–Kier alpha value is -2.47. The molecule has 132 valence electrons. The van der Waals surface area contributed by atoms with Gasteiger partial charge in [-0.25, -0.2) is 4.98 Å². The van der Waals surface area contributed by atoms with E-state index in [0.717, 1.165) is 24.5 Å². The molecular formula is C19H24N4O2. The molecule has 1 fully saturated rings. The van der Waals surface area contributed by atoms with Crippen molar-refractivity contribution in [2.75, 3.05) is 18.0 Å². The predicted octanol–water partition coefficient (Wildman–Crippen LogP) is 3.75. The average molecular weight is 340 g/mol. The van der Waals surface area contributed by atoms with E-state index in [1.807, 2.05) is 31.3 Å². The van der Waals surface area contributed by atoms with Crippen molar-refractivity contribution in [3.63, 3.8) is 0 Å². The van der Waals surface area contributed by atoms with Gasteiger partial charge in [-0.1, -0.05) is 12.1 Å². The van der Waals surface area contributed by atoms with Crippen LogP contribution in [0.5, 0.6) is 0 Å². The molecule has 3 rings (SSSR count). The van der Waals surface area contributed by atoms with Crippen molar-refractivity contribution in [2.45, 2.75) is 39.3 Å². The van der Waals surface area contributed by atoms with Gasteiger partial charge in [-0.15, -0.1) is 0 Å². The van der Waals surface area contributed by atoms with Gasteiger partial charge in [0.25, 0.3) is 5.69 Å². The first-order valence-corrected chi connectivity index (χ1v) is 8.73. The molecule has 6 nitrogen and oxygen atoms in total. The van der Waals surface area contributed by atoms with E-state index in [0.29, 0.717) is 12.1 Å². The number of hydrogen-bond donors (Lipinski definition) is 1. The van der Waals surface area contributed by atoms with Crippen LogP contribution >= 0.6 is 0 Å². The van der Waals surface area contributed by atoms with E-state index in [-0.39, 0.29) is 16.7 Å². The van der Waals surface area contributed by atoms with Gasteiger partial charge >= 0.3 is 0 Å². The second kappa shape index (κ2) is 7.61. The highest BCUT2D eigenvalue weighted by molar-refractivity contribution is 5.44. The van der Waals surface area contributed by atoms with E-state index in [2.05, 4.69) is 21.3 Å². The Balaban J connectivity index is 1.66. The summed E-state index contributed by atoms with van der Waals surface area (Å²) >= 11 is 0. The first kappa shape index (κ1) is 17.4. The fourth-order valence-corrected chi connectivity index (χ4v) is 3.17. The smallest absolute Gasteiger partial charge is 0.272 e. The van der Waals surface area contributed by atoms with E-state index in [9.17, 15) is 10.1 Å². The molecule has 1 atom stereocenters. The third kappa shape index (κ3) is 4.14. The summed E-state index contributed by atoms with van der Waals surface area (Å²) in [4.78, 5) is 17.6. The van der Waals surface area contributed by atoms with Crippen molar-refractivity contribution in [3.8, 4) is 0 Å². The van der Waals surface area contributed by atoms with Gasteiger partial charge in [0.05, 0.1) is 4.92 Å². The van der Waals surface area contributed by atoms with Gasteiger partial charge < -0.3 is 10.2 Å². The van der Waals surface area contributed by atoms with Gasteiger partial charge in [0.2, 0.25) is 0 Å². The number of benzene rings is 1. The fourth-order valence-electron chi connectivity index (χ4n) is 3.17. The van der Waals surface area contributed by atoms with Crippen molar-refractivity contribution >= 4 is 11.5 Å². The van der Waals surface area contributed by atoms with Crippen LogP contribution in [-0.2, 0) is 6.54 Å². The number of rotatable bonds is 6. The first-order valence-electron chi connectivity index (χ1n) is 8.73. The molecule has 6 heteroatoms. The van der Waals surface area contributed by atoms with Crippen molar-refractivity contribution in [2.24, 2.45) is 0 Å². The molecule has 2 aromatic rings. The summed E-state index contributed by atoms with van der Waals surface area (Å²) < 4.78 is 0. The van der Waals surface area contributed by atoms with Crippen LogP contribution in [0.2, 0.25) is 0 Å². The summed E-state index contributed by atoms with van der Waals surface area (Å²) in [6.07, 6.45) is 4.31. The number of pyridine rings is 1. The number of nitrogens with zero attached hydrogens (tertiary/aromatic N) is 3. The van der Waals surface area contributed by atoms with Gasteiger partial charge in [-0.2, -0.15) is 0 Å². The van der Waals surface area contributed by atoms with Crippen LogP contribution in [-0.4, -0.2) is 23.0 Å². The van der Waals surface area contributed by atoms with Crippen LogP contribution in [0.4, 0.5) is 11.5 Å². The summed E-state index contributed by atoms with van der Waals surface area (Å²) in [6.45, 7) is 6.64. The monoisotopic (exact) mass is 340 g/mol. The number of aromatic nitrogens is 1. The molecule has 0 spiro atoms. The molecule has 0 amide bonds. The normalized spacial score (nSPS) is 15.4. The lowest BCUT2D eigenvalue weighted by Crippen LogP contribution is -2.21. The van der Waals surface area contributed by atoms with Gasteiger partial charge in [0.1, 0.15) is 5.82 Å². The number of hydrogen-bond acceptors (Lipinski definition) is 5. The Morgan fingerprint density at radius 3 is 2.76 bits per heavy atom. The molecule has 1 aliphatic rings. The van der Waals surface area contributed by atoms with Crippen LogP contribution < -0.4 is 10.2 Å². The van der Waals surface area contributed by atoms with Crippen LogP contribution in [0.1, 0.15) is 42.5 Å². The minimum atomic E-state index is -0.323. The summed E-state index contributed by atoms with van der Waals surface area (Å²) in [6, 6.07) is 9.59. The highest BCUT2D eigenvalue weighted by atomic mass is 16.6. The van der Waals surface area contributed by atoms with E-state index in [1.165, 1.54) is 18.4 Å². The zero-order valence-electron chi connectivity index (χ0n) is 14.7. The topological polar surface area (TPSA) is 71.3 Å². The molecule has 1 aliphatic heterocycles. The lowest BCUT2D eigenvalue weighted by atomic mass is 10.0. The van der Waals surface area contributed by atoms with Gasteiger partial charge in [0, 0.05) is 43.5 Å². The zero-order valence-corrected chi connectivity index (χ0v) is 14.7. The third-order valence-corrected chi connectivity index (χ3v) is 4.78. The van der Waals surface area contributed by atoms with E-state index < -0.39 is 0 Å². The second-order valence-corrected chi connectivity index (χ2v) is 6.62. The van der Waals surface area contributed by atoms with Gasteiger partial charge in [-0.05, 0) is 49.9 Å². The highest BCUT2D eigenvalue weighted by Gasteiger charge is 2.15. The van der Waals surface area contributed by atoms with Crippen LogP contribution in [0, 0.1) is 17.0 Å². The van der Waals surface area contributed by atoms with Gasteiger partial charge in [-0.3, -0.25) is 10.1 Å². The first-order chi connectivity index (χ1) is 12.0. The standard InChI is InChI=1S/C19H24N4O2/c1-14-5-6-17(12-18(14)23(24)25)15(2)21-13-16-7-8-20-19(11-16)22-9-3-4-10-22/h5-8,11-12,15,21H,3-4,9-10,13H2,1-2H3/t15-/m0/s1. The summed E-state index contributed by atoms with van der Waals surface area (Å²) in [7, 11) is 0. The Labute approximate surface area is 148 Å². The number of anilines is 1. The SMILES string of the molecule is Cc1ccc([C@H](C)NCc2ccnc(N3CCCC3)c2)cc1[N+](=O)[O-]. The molecule has 2 heterocycles. The summed E-state index contributed by atoms with van der Waals surface area (Å²) in [5.74, 6) is 1.04. The third-order valence-electron chi connectivity index (χ3n) is 4.78. The van der Waals surface area contributed by atoms with E-state index in [1.54, 1.807) is 13.0 Å². The lowest BCUT2D eigenvalue weighted by molar-refractivity contribution is -0.385. The maximum absolute atomic E-state index is 11.1. The minimum Gasteiger partial charge on any atom is -0.357 e. The Morgan fingerprint density at radius 1 is 1.28 bits per heavy atom. The molecule has 0 bridgehead atoms. The van der Waals surface area contributed by atoms with E-state index in [4.69, 9.17) is 0 Å². The molecular weight excluding hydrogens is 316 g/mol. The fraction of sp³-hybridized carbons (Fsp3) is 0.421. The predicted molar refractivity (Wildman–Crippen MR) is 98.8 cm³/mol. The number of nitro benzene ring substituents is 1. The molecule has 0 aliphatic carbocycles. The van der Waals surface area contributed by atoms with Crippen LogP contribution in [0.3, 0.4) is 0 Å². The van der Waals surface area contributed by atoms with Crippen LogP contribution in [0.15, 0.2) is 36.5 Å². The molecule has 0 unspecified atom stereocenters. The molecule has 0 saturated carbocycles. The second-order valence-electron chi connectivity index (χ2n) is 6.62. The number of aryl methyl sites for hydroxylation is 1. The molecule has 1 aromatic carbocycles. The maximum Gasteiger partial charge on any atom is 0.272 e. The quantitative estimate of drug-likeness (QED) is 0.640. The van der Waals surface area contributed by atoms with Crippen molar-refractivity contribution in [1.29, 1.82) is 0 Å². The highest BCUT2D eigenvalue weighted by Crippen LogP contribution is 2.24. The van der Waals surface area contributed by atoms with Crippen molar-refractivity contribution in [1.82, 2.24) is 10.3 Å². The Bertz CT molecular complexity index is 757. The molecule has 1 saturated heterocycles. The summed E-state index contributed by atoms with van der Waals surface area (Å²) in [5, 5.41) is 14.6. The maximum atomic E-state index is 11.1. The molecule has 1 aromatic heterocycles. The van der Waals surface area contributed by atoms with Crippen LogP contribution in [0.25, 0.3) is 0 Å². The lowest BCUT2D eigenvalue weighted by Gasteiger charge is -2.18. The summed E-state index contributed by atoms with van der Waals surface area (Å²) in [5.41, 5.74) is 2.95. The number of nitrogens with one attached hydrogen (secondary N) is 1. The average Bonchev–Trinajstić information content (AvgIpc) is 3.15. The molecule has 25 heavy (non-hydrogen) atoms. The van der Waals surface area contributed by atoms with Crippen molar-refractivity contribution in [3.05, 3.63) is 63.3 Å². The minimum absolute atomic E-state index is 0.0303.